The average Bonchev–Trinajstić information content (AvgIpc) is 2.42. The van der Waals surface area contributed by atoms with E-state index in [-0.39, 0.29) is 23.7 Å². The molecule has 0 spiro atoms. The first kappa shape index (κ1) is 12.9. The molecular formula is C12H24O3. The van der Waals surface area contributed by atoms with Gasteiger partial charge in [0.15, 0.2) is 0 Å². The van der Waals surface area contributed by atoms with E-state index in [2.05, 4.69) is 13.8 Å². The van der Waals surface area contributed by atoms with E-state index in [1.54, 1.807) is 0 Å². The summed E-state index contributed by atoms with van der Waals surface area (Å²) in [7, 11) is 0. The zero-order valence-electron chi connectivity index (χ0n) is 10.3. The number of hydrogen-bond donors (Lipinski definition) is 1. The fourth-order valence-electron chi connectivity index (χ4n) is 2.09. The molecule has 0 aromatic heterocycles. The van der Waals surface area contributed by atoms with Gasteiger partial charge >= 0.3 is 0 Å². The Hall–Kier alpha value is -0.120. The van der Waals surface area contributed by atoms with Gasteiger partial charge in [-0.2, -0.15) is 0 Å². The molecule has 0 bridgehead atoms. The lowest BCUT2D eigenvalue weighted by Crippen LogP contribution is -2.35. The minimum atomic E-state index is -0.346. The van der Waals surface area contributed by atoms with Crippen molar-refractivity contribution in [3.05, 3.63) is 0 Å². The molecule has 3 heteroatoms. The SMILES string of the molecule is CCOCC(C)OC1CCC(C)(C)C1O. The van der Waals surface area contributed by atoms with Crippen molar-refractivity contribution in [2.24, 2.45) is 5.41 Å². The highest BCUT2D eigenvalue weighted by Crippen LogP contribution is 2.39. The van der Waals surface area contributed by atoms with E-state index >= 15 is 0 Å². The predicted molar refractivity (Wildman–Crippen MR) is 59.8 cm³/mol. The van der Waals surface area contributed by atoms with Crippen LogP contribution < -0.4 is 0 Å². The fraction of sp³-hybridized carbons (Fsp3) is 1.00. The summed E-state index contributed by atoms with van der Waals surface area (Å²) in [5.74, 6) is 0. The molecule has 0 saturated heterocycles. The van der Waals surface area contributed by atoms with Crippen molar-refractivity contribution in [2.45, 2.75) is 58.8 Å². The summed E-state index contributed by atoms with van der Waals surface area (Å²) < 4.78 is 11.1. The summed E-state index contributed by atoms with van der Waals surface area (Å²) in [4.78, 5) is 0. The molecule has 0 radical (unpaired) electrons. The van der Waals surface area contributed by atoms with Gasteiger partial charge in [-0.25, -0.2) is 0 Å². The number of ether oxygens (including phenoxy) is 2. The molecule has 0 amide bonds. The van der Waals surface area contributed by atoms with Crippen molar-refractivity contribution < 1.29 is 14.6 Å². The van der Waals surface area contributed by atoms with E-state index in [1.807, 2.05) is 13.8 Å². The van der Waals surface area contributed by atoms with Crippen LogP contribution in [0.25, 0.3) is 0 Å². The van der Waals surface area contributed by atoms with Crippen molar-refractivity contribution >= 4 is 0 Å². The van der Waals surface area contributed by atoms with Gasteiger partial charge in [0.25, 0.3) is 0 Å². The molecule has 1 rings (SSSR count). The van der Waals surface area contributed by atoms with Crippen molar-refractivity contribution in [3.63, 3.8) is 0 Å². The van der Waals surface area contributed by atoms with Crippen molar-refractivity contribution in [2.75, 3.05) is 13.2 Å². The summed E-state index contributed by atoms with van der Waals surface area (Å²) in [5.41, 5.74) is -0.00397. The van der Waals surface area contributed by atoms with Gasteiger partial charge in [-0.15, -0.1) is 0 Å². The Morgan fingerprint density at radius 3 is 2.60 bits per heavy atom. The second-order valence-electron chi connectivity index (χ2n) is 5.12. The summed E-state index contributed by atoms with van der Waals surface area (Å²) >= 11 is 0. The third-order valence-electron chi connectivity index (χ3n) is 3.19. The Kier molecular flexibility index (Phi) is 4.56. The first-order chi connectivity index (χ1) is 6.97. The molecule has 0 heterocycles. The van der Waals surface area contributed by atoms with Crippen LogP contribution in [0.4, 0.5) is 0 Å². The van der Waals surface area contributed by atoms with E-state index < -0.39 is 0 Å². The van der Waals surface area contributed by atoms with E-state index in [0.717, 1.165) is 12.8 Å². The summed E-state index contributed by atoms with van der Waals surface area (Å²) in [5, 5.41) is 10.0. The quantitative estimate of drug-likeness (QED) is 0.763. The molecule has 3 unspecified atom stereocenters. The molecule has 90 valence electrons. The van der Waals surface area contributed by atoms with Crippen LogP contribution in [0.2, 0.25) is 0 Å². The average molecular weight is 216 g/mol. The first-order valence-corrected chi connectivity index (χ1v) is 5.88. The molecule has 15 heavy (non-hydrogen) atoms. The molecule has 1 aliphatic carbocycles. The van der Waals surface area contributed by atoms with E-state index in [9.17, 15) is 5.11 Å². The highest BCUT2D eigenvalue weighted by atomic mass is 16.5. The molecule has 0 aromatic carbocycles. The highest BCUT2D eigenvalue weighted by Gasteiger charge is 2.41. The maximum absolute atomic E-state index is 10.0. The largest absolute Gasteiger partial charge is 0.390 e. The Bertz CT molecular complexity index is 191. The maximum Gasteiger partial charge on any atom is 0.0852 e. The lowest BCUT2D eigenvalue weighted by Gasteiger charge is -2.27. The third-order valence-corrected chi connectivity index (χ3v) is 3.19. The van der Waals surface area contributed by atoms with Gasteiger partial charge < -0.3 is 14.6 Å². The molecule has 3 atom stereocenters. The standard InChI is InChI=1S/C12H24O3/c1-5-14-8-9(2)15-10-6-7-12(3,4)11(10)13/h9-11,13H,5-8H2,1-4H3. The molecule has 1 N–H and O–H groups in total. The molecular weight excluding hydrogens is 192 g/mol. The number of aliphatic hydroxyl groups is 1. The van der Waals surface area contributed by atoms with Crippen LogP contribution in [0.5, 0.6) is 0 Å². The van der Waals surface area contributed by atoms with Gasteiger partial charge in [-0.3, -0.25) is 0 Å². The van der Waals surface area contributed by atoms with Gasteiger partial charge in [0.05, 0.1) is 24.9 Å². The smallest absolute Gasteiger partial charge is 0.0852 e. The Morgan fingerprint density at radius 1 is 1.47 bits per heavy atom. The Balaban J connectivity index is 2.33. The molecule has 1 saturated carbocycles. The minimum Gasteiger partial charge on any atom is -0.390 e. The number of rotatable bonds is 5. The van der Waals surface area contributed by atoms with Crippen LogP contribution >= 0.6 is 0 Å². The fourth-order valence-corrected chi connectivity index (χ4v) is 2.09. The topological polar surface area (TPSA) is 38.7 Å². The summed E-state index contributed by atoms with van der Waals surface area (Å²) in [6, 6.07) is 0. The summed E-state index contributed by atoms with van der Waals surface area (Å²) in [6.07, 6.45) is 1.68. The van der Waals surface area contributed by atoms with E-state index in [0.29, 0.717) is 13.2 Å². The van der Waals surface area contributed by atoms with Gasteiger partial charge in [0.2, 0.25) is 0 Å². The highest BCUT2D eigenvalue weighted by molar-refractivity contribution is 4.92. The summed E-state index contributed by atoms with van der Waals surface area (Å²) in [6.45, 7) is 9.48. The van der Waals surface area contributed by atoms with Crippen LogP contribution in [0.3, 0.4) is 0 Å². The van der Waals surface area contributed by atoms with Crippen LogP contribution in [-0.4, -0.2) is 36.6 Å². The molecule has 0 aliphatic heterocycles. The van der Waals surface area contributed by atoms with Crippen LogP contribution in [0, 0.1) is 5.41 Å². The van der Waals surface area contributed by atoms with Crippen molar-refractivity contribution in [1.29, 1.82) is 0 Å². The monoisotopic (exact) mass is 216 g/mol. The van der Waals surface area contributed by atoms with E-state index in [4.69, 9.17) is 9.47 Å². The molecule has 3 nitrogen and oxygen atoms in total. The number of hydrogen-bond acceptors (Lipinski definition) is 3. The molecule has 1 aliphatic rings. The second kappa shape index (κ2) is 5.28. The van der Waals surface area contributed by atoms with Crippen LogP contribution in [0.1, 0.15) is 40.5 Å². The molecule has 0 aromatic rings. The Morgan fingerprint density at radius 2 is 2.13 bits per heavy atom. The van der Waals surface area contributed by atoms with E-state index in [1.165, 1.54) is 0 Å². The minimum absolute atomic E-state index is 0.00397. The Labute approximate surface area is 92.8 Å². The normalized spacial score (nSPS) is 31.8. The predicted octanol–water partition coefficient (Wildman–Crippen LogP) is 1.98. The first-order valence-electron chi connectivity index (χ1n) is 5.88. The van der Waals surface area contributed by atoms with Gasteiger partial charge in [0.1, 0.15) is 0 Å². The lowest BCUT2D eigenvalue weighted by molar-refractivity contribution is -0.0973. The number of aliphatic hydroxyl groups excluding tert-OH is 1. The van der Waals surface area contributed by atoms with Gasteiger partial charge in [-0.1, -0.05) is 13.8 Å². The van der Waals surface area contributed by atoms with Gasteiger partial charge in [0, 0.05) is 6.61 Å². The van der Waals surface area contributed by atoms with Crippen LogP contribution in [-0.2, 0) is 9.47 Å². The molecule has 1 fully saturated rings. The van der Waals surface area contributed by atoms with Crippen molar-refractivity contribution in [1.82, 2.24) is 0 Å². The van der Waals surface area contributed by atoms with Crippen LogP contribution in [0.15, 0.2) is 0 Å². The lowest BCUT2D eigenvalue weighted by atomic mass is 9.89. The van der Waals surface area contributed by atoms with Gasteiger partial charge in [-0.05, 0) is 32.1 Å². The maximum atomic E-state index is 10.0. The third kappa shape index (κ3) is 3.44. The second-order valence-corrected chi connectivity index (χ2v) is 5.12. The zero-order valence-corrected chi connectivity index (χ0v) is 10.3. The van der Waals surface area contributed by atoms with Crippen molar-refractivity contribution in [3.8, 4) is 0 Å². The zero-order chi connectivity index (χ0) is 11.5.